The maximum absolute atomic E-state index is 12.8. The molecule has 1 aromatic carbocycles. The molecule has 90 valence electrons. The Kier molecular flexibility index (Phi) is 2.54. The number of nitrogens with two attached hydrogens (primary N) is 1. The summed E-state index contributed by atoms with van der Waals surface area (Å²) in [6, 6.07) is 3.08. The van der Waals surface area contributed by atoms with Crippen LogP contribution in [0.25, 0.3) is 10.9 Å². The Morgan fingerprint density at radius 3 is 2.53 bits per heavy atom. The molecule has 0 amide bonds. The van der Waals surface area contributed by atoms with E-state index in [2.05, 4.69) is 4.98 Å². The Hall–Kier alpha value is -1.69. The van der Waals surface area contributed by atoms with Crippen molar-refractivity contribution < 1.29 is 13.2 Å². The van der Waals surface area contributed by atoms with Gasteiger partial charge in [0.1, 0.15) is 0 Å². The second-order valence-electron chi connectivity index (χ2n) is 3.44. The summed E-state index contributed by atoms with van der Waals surface area (Å²) < 4.78 is 38.3. The summed E-state index contributed by atoms with van der Waals surface area (Å²) in [6.07, 6.45) is -4.66. The van der Waals surface area contributed by atoms with Crippen molar-refractivity contribution >= 4 is 28.2 Å². The lowest BCUT2D eigenvalue weighted by atomic mass is 10.1. The molecule has 0 spiro atoms. The standard InChI is InChI=1S/C10H6ClF3N2O/c11-9-5(15)1-2-6-8(9)4(10(12,13)14)3-7(17)16-6/h1-3H,15H2,(H,16,17). The normalized spacial score (nSPS) is 12.0. The van der Waals surface area contributed by atoms with E-state index in [-0.39, 0.29) is 21.6 Å². The predicted molar refractivity (Wildman–Crippen MR) is 59.0 cm³/mol. The van der Waals surface area contributed by atoms with Crippen molar-refractivity contribution in [3.63, 3.8) is 0 Å². The number of nitrogen functional groups attached to an aromatic ring is 1. The number of halogens is 4. The van der Waals surface area contributed by atoms with Gasteiger partial charge in [-0.25, -0.2) is 0 Å². The Morgan fingerprint density at radius 1 is 1.29 bits per heavy atom. The molecule has 17 heavy (non-hydrogen) atoms. The number of hydrogen-bond acceptors (Lipinski definition) is 2. The minimum atomic E-state index is -4.66. The van der Waals surface area contributed by atoms with E-state index >= 15 is 0 Å². The Bertz CT molecular complexity index is 648. The summed E-state index contributed by atoms with van der Waals surface area (Å²) in [5.74, 6) is 0. The summed E-state index contributed by atoms with van der Waals surface area (Å²) in [6.45, 7) is 0. The third kappa shape index (κ3) is 1.95. The topological polar surface area (TPSA) is 58.9 Å². The van der Waals surface area contributed by atoms with Crippen molar-refractivity contribution in [3.05, 3.63) is 39.1 Å². The first-order valence-corrected chi connectivity index (χ1v) is 4.86. The number of alkyl halides is 3. The molecule has 3 N–H and O–H groups in total. The summed E-state index contributed by atoms with van der Waals surface area (Å²) >= 11 is 5.74. The van der Waals surface area contributed by atoms with Crippen LogP contribution in [-0.4, -0.2) is 4.98 Å². The molecule has 7 heteroatoms. The molecule has 3 nitrogen and oxygen atoms in total. The first-order chi connectivity index (χ1) is 7.80. The molecule has 0 saturated carbocycles. The molecule has 0 radical (unpaired) electrons. The second-order valence-corrected chi connectivity index (χ2v) is 3.81. The van der Waals surface area contributed by atoms with Crippen molar-refractivity contribution in [2.24, 2.45) is 0 Å². The van der Waals surface area contributed by atoms with Gasteiger partial charge in [0.15, 0.2) is 0 Å². The van der Waals surface area contributed by atoms with E-state index in [4.69, 9.17) is 17.3 Å². The highest BCUT2D eigenvalue weighted by Gasteiger charge is 2.34. The number of aromatic nitrogens is 1. The number of hydrogen-bond donors (Lipinski definition) is 2. The molecular weight excluding hydrogens is 257 g/mol. The van der Waals surface area contributed by atoms with E-state index in [1.165, 1.54) is 12.1 Å². The zero-order valence-electron chi connectivity index (χ0n) is 8.23. The fourth-order valence-electron chi connectivity index (χ4n) is 1.56. The van der Waals surface area contributed by atoms with Crippen LogP contribution in [0.2, 0.25) is 5.02 Å². The molecule has 2 rings (SSSR count). The fraction of sp³-hybridized carbons (Fsp3) is 0.100. The van der Waals surface area contributed by atoms with Crippen molar-refractivity contribution in [3.8, 4) is 0 Å². The first kappa shape index (κ1) is 11.8. The van der Waals surface area contributed by atoms with Crippen LogP contribution in [0.3, 0.4) is 0 Å². The molecule has 0 aliphatic carbocycles. The molecule has 0 saturated heterocycles. The van der Waals surface area contributed by atoms with Crippen LogP contribution in [0.5, 0.6) is 0 Å². The Balaban J connectivity index is 3.00. The number of pyridine rings is 1. The molecule has 0 atom stereocenters. The number of aromatic amines is 1. The highest BCUT2D eigenvalue weighted by molar-refractivity contribution is 6.38. The number of H-pyrrole nitrogens is 1. The summed E-state index contributed by atoms with van der Waals surface area (Å²) in [5, 5.41) is -0.509. The third-order valence-corrected chi connectivity index (χ3v) is 2.69. The molecule has 1 heterocycles. The number of rotatable bonds is 0. The van der Waals surface area contributed by atoms with Crippen molar-refractivity contribution in [1.29, 1.82) is 0 Å². The first-order valence-electron chi connectivity index (χ1n) is 4.49. The van der Waals surface area contributed by atoms with Crippen LogP contribution in [0.4, 0.5) is 18.9 Å². The number of benzene rings is 1. The van der Waals surface area contributed by atoms with Gasteiger partial charge in [-0.1, -0.05) is 11.6 Å². The van der Waals surface area contributed by atoms with Gasteiger partial charge in [0.2, 0.25) is 5.56 Å². The van der Waals surface area contributed by atoms with Crippen LogP contribution in [0, 0.1) is 0 Å². The van der Waals surface area contributed by atoms with Gasteiger partial charge in [-0.3, -0.25) is 4.79 Å². The van der Waals surface area contributed by atoms with Crippen LogP contribution < -0.4 is 11.3 Å². The van der Waals surface area contributed by atoms with E-state index in [1.54, 1.807) is 0 Å². The van der Waals surface area contributed by atoms with Crippen molar-refractivity contribution in [2.45, 2.75) is 6.18 Å². The predicted octanol–water partition coefficient (Wildman–Crippen LogP) is 2.78. The monoisotopic (exact) mass is 262 g/mol. The molecule has 0 aliphatic heterocycles. The number of anilines is 1. The molecular formula is C10H6ClF3N2O. The summed E-state index contributed by atoms with van der Waals surface area (Å²) in [4.78, 5) is 13.4. The average Bonchev–Trinajstić information content (AvgIpc) is 2.21. The maximum atomic E-state index is 12.8. The van der Waals surface area contributed by atoms with Gasteiger partial charge in [-0.05, 0) is 12.1 Å². The van der Waals surface area contributed by atoms with Gasteiger partial charge in [0, 0.05) is 11.5 Å². The Morgan fingerprint density at radius 2 is 1.94 bits per heavy atom. The minimum absolute atomic E-state index is 0.00373. The third-order valence-electron chi connectivity index (χ3n) is 2.28. The fourth-order valence-corrected chi connectivity index (χ4v) is 1.82. The summed E-state index contributed by atoms with van der Waals surface area (Å²) in [7, 11) is 0. The van der Waals surface area contributed by atoms with E-state index < -0.39 is 17.3 Å². The van der Waals surface area contributed by atoms with Crippen LogP contribution >= 0.6 is 11.6 Å². The lowest BCUT2D eigenvalue weighted by Crippen LogP contribution is -2.14. The van der Waals surface area contributed by atoms with E-state index in [1.807, 2.05) is 0 Å². The van der Waals surface area contributed by atoms with Gasteiger partial charge in [-0.2, -0.15) is 13.2 Å². The van der Waals surface area contributed by atoms with Crippen LogP contribution in [-0.2, 0) is 6.18 Å². The maximum Gasteiger partial charge on any atom is 0.417 e. The Labute approximate surface area is 98.0 Å². The molecule has 1 aromatic heterocycles. The lowest BCUT2D eigenvalue weighted by molar-refractivity contribution is -0.136. The van der Waals surface area contributed by atoms with E-state index in [0.29, 0.717) is 6.07 Å². The molecule has 0 aliphatic rings. The van der Waals surface area contributed by atoms with Gasteiger partial charge in [0.25, 0.3) is 0 Å². The molecule has 0 fully saturated rings. The van der Waals surface area contributed by atoms with Crippen LogP contribution in [0.15, 0.2) is 23.0 Å². The zero-order valence-corrected chi connectivity index (χ0v) is 8.99. The van der Waals surface area contributed by atoms with Gasteiger partial charge in [0.05, 0.1) is 21.8 Å². The van der Waals surface area contributed by atoms with Gasteiger partial charge < -0.3 is 10.7 Å². The average molecular weight is 263 g/mol. The van der Waals surface area contributed by atoms with Crippen LogP contribution in [0.1, 0.15) is 5.56 Å². The largest absolute Gasteiger partial charge is 0.417 e. The second kappa shape index (κ2) is 3.66. The SMILES string of the molecule is Nc1ccc2[nH]c(=O)cc(C(F)(F)F)c2c1Cl. The van der Waals surface area contributed by atoms with E-state index in [9.17, 15) is 18.0 Å². The van der Waals surface area contributed by atoms with Gasteiger partial charge in [-0.15, -0.1) is 0 Å². The molecule has 0 bridgehead atoms. The molecule has 0 unspecified atom stereocenters. The van der Waals surface area contributed by atoms with Gasteiger partial charge >= 0.3 is 6.18 Å². The minimum Gasteiger partial charge on any atom is -0.398 e. The highest BCUT2D eigenvalue weighted by atomic mass is 35.5. The van der Waals surface area contributed by atoms with E-state index in [0.717, 1.165) is 0 Å². The summed E-state index contributed by atoms with van der Waals surface area (Å²) in [5.41, 5.74) is 3.54. The number of fused-ring (bicyclic) bond motifs is 1. The highest BCUT2D eigenvalue weighted by Crippen LogP contribution is 2.38. The molecule has 2 aromatic rings. The lowest BCUT2D eigenvalue weighted by Gasteiger charge is -2.12. The quantitative estimate of drug-likeness (QED) is 0.717. The smallest absolute Gasteiger partial charge is 0.398 e. The zero-order chi connectivity index (χ0) is 12.8. The number of nitrogens with one attached hydrogen (secondary N) is 1. The van der Waals surface area contributed by atoms with Crippen molar-refractivity contribution in [2.75, 3.05) is 5.73 Å². The van der Waals surface area contributed by atoms with Crippen molar-refractivity contribution in [1.82, 2.24) is 4.98 Å².